The number of hydrogen-bond donors (Lipinski definition) is 2. The lowest BCUT2D eigenvalue weighted by Gasteiger charge is -2.15. The number of hydrogen-bond acceptors (Lipinski definition) is 5. The molecular formula is C8H17ClN2O4. The number of ether oxygens (including phenoxy) is 2. The summed E-state index contributed by atoms with van der Waals surface area (Å²) in [5, 5.41) is 2.29. The van der Waals surface area contributed by atoms with Gasteiger partial charge in [-0.3, -0.25) is 0 Å². The average Bonchev–Trinajstić information content (AvgIpc) is 2.11. The average molecular weight is 241 g/mol. The predicted octanol–water partition coefficient (Wildman–Crippen LogP) is 0.0431. The first kappa shape index (κ1) is 16.4. The van der Waals surface area contributed by atoms with E-state index in [1.165, 1.54) is 7.11 Å². The number of nitrogens with one attached hydrogen (secondary N) is 1. The summed E-state index contributed by atoms with van der Waals surface area (Å²) >= 11 is 0. The lowest BCUT2D eigenvalue weighted by Crippen LogP contribution is -2.47. The van der Waals surface area contributed by atoms with E-state index in [-0.39, 0.29) is 25.1 Å². The lowest BCUT2D eigenvalue weighted by molar-refractivity contribution is -0.142. The Bertz CT molecular complexity index is 211. The zero-order valence-corrected chi connectivity index (χ0v) is 9.80. The van der Waals surface area contributed by atoms with E-state index in [1.54, 1.807) is 13.8 Å². The number of amides is 1. The van der Waals surface area contributed by atoms with Crippen molar-refractivity contribution < 1.29 is 19.1 Å². The Balaban J connectivity index is 0. The number of methoxy groups -OCH3 is 1. The molecule has 0 aromatic heterocycles. The molecule has 1 amide bonds. The number of halogens is 1. The summed E-state index contributed by atoms with van der Waals surface area (Å²) in [5.41, 5.74) is 5.26. The van der Waals surface area contributed by atoms with Crippen molar-refractivity contribution in [1.82, 2.24) is 5.32 Å². The Labute approximate surface area is 94.9 Å². The maximum absolute atomic E-state index is 11.0. The summed E-state index contributed by atoms with van der Waals surface area (Å²) < 4.78 is 9.18. The highest BCUT2D eigenvalue weighted by atomic mass is 35.5. The summed E-state index contributed by atoms with van der Waals surface area (Å²) in [4.78, 5) is 22.0. The summed E-state index contributed by atoms with van der Waals surface area (Å²) in [7, 11) is 1.22. The summed E-state index contributed by atoms with van der Waals surface area (Å²) in [6.07, 6.45) is -0.924. The normalized spacial score (nSPS) is 11.3. The van der Waals surface area contributed by atoms with Gasteiger partial charge in [0, 0.05) is 6.54 Å². The molecular weight excluding hydrogens is 224 g/mol. The van der Waals surface area contributed by atoms with Gasteiger partial charge >= 0.3 is 12.1 Å². The number of rotatable bonds is 4. The molecule has 0 radical (unpaired) electrons. The van der Waals surface area contributed by atoms with Crippen LogP contribution >= 0.6 is 12.4 Å². The van der Waals surface area contributed by atoms with E-state index in [0.717, 1.165) is 0 Å². The monoisotopic (exact) mass is 240 g/mol. The van der Waals surface area contributed by atoms with Crippen LogP contribution in [0.15, 0.2) is 0 Å². The van der Waals surface area contributed by atoms with E-state index < -0.39 is 18.1 Å². The maximum Gasteiger partial charge on any atom is 0.408 e. The smallest absolute Gasteiger partial charge is 0.408 e. The molecule has 0 aliphatic heterocycles. The molecule has 6 nitrogen and oxygen atoms in total. The number of carbonyl (C=O) groups is 2. The molecule has 0 aromatic rings. The predicted molar refractivity (Wildman–Crippen MR) is 56.9 cm³/mol. The Morgan fingerprint density at radius 2 is 1.93 bits per heavy atom. The van der Waals surface area contributed by atoms with Crippen LogP contribution in [0, 0.1) is 0 Å². The largest absolute Gasteiger partial charge is 0.467 e. The third-order valence-corrected chi connectivity index (χ3v) is 1.36. The van der Waals surface area contributed by atoms with Crippen molar-refractivity contribution in [2.45, 2.75) is 26.0 Å². The molecule has 0 aromatic carbocycles. The van der Waals surface area contributed by atoms with Gasteiger partial charge in [0.15, 0.2) is 0 Å². The third-order valence-electron chi connectivity index (χ3n) is 1.36. The SMILES string of the molecule is COC(=O)[C@H](CN)NC(=O)OC(C)C.Cl. The van der Waals surface area contributed by atoms with E-state index in [4.69, 9.17) is 10.5 Å². The Morgan fingerprint density at radius 1 is 1.40 bits per heavy atom. The van der Waals surface area contributed by atoms with E-state index in [2.05, 4.69) is 10.1 Å². The molecule has 0 fully saturated rings. The lowest BCUT2D eigenvalue weighted by atomic mass is 10.3. The minimum Gasteiger partial charge on any atom is -0.467 e. The first-order chi connectivity index (χ1) is 6.51. The molecule has 0 saturated heterocycles. The number of alkyl carbamates (subject to hydrolysis) is 1. The Kier molecular flexibility index (Phi) is 9.10. The summed E-state index contributed by atoms with van der Waals surface area (Å²) in [5.74, 6) is -0.590. The van der Waals surface area contributed by atoms with Crippen LogP contribution in [-0.2, 0) is 14.3 Å². The zero-order valence-electron chi connectivity index (χ0n) is 8.98. The van der Waals surface area contributed by atoms with Crippen LogP contribution in [0.25, 0.3) is 0 Å². The zero-order chi connectivity index (χ0) is 11.1. The topological polar surface area (TPSA) is 90.6 Å². The quantitative estimate of drug-likeness (QED) is 0.678. The molecule has 0 aliphatic carbocycles. The van der Waals surface area contributed by atoms with Crippen molar-refractivity contribution >= 4 is 24.5 Å². The van der Waals surface area contributed by atoms with Gasteiger partial charge in [0.25, 0.3) is 0 Å². The molecule has 0 spiro atoms. The van der Waals surface area contributed by atoms with Crippen LogP contribution in [-0.4, -0.2) is 37.9 Å². The molecule has 15 heavy (non-hydrogen) atoms. The van der Waals surface area contributed by atoms with Gasteiger partial charge in [0.1, 0.15) is 6.04 Å². The summed E-state index contributed by atoms with van der Waals surface area (Å²) in [6, 6.07) is -0.855. The van der Waals surface area contributed by atoms with Gasteiger partial charge in [-0.1, -0.05) is 0 Å². The highest BCUT2D eigenvalue weighted by Gasteiger charge is 2.20. The van der Waals surface area contributed by atoms with Crippen molar-refractivity contribution in [3.63, 3.8) is 0 Å². The number of nitrogens with two attached hydrogens (primary N) is 1. The highest BCUT2D eigenvalue weighted by molar-refractivity contribution is 5.85. The second-order valence-corrected chi connectivity index (χ2v) is 2.91. The fourth-order valence-electron chi connectivity index (χ4n) is 0.747. The van der Waals surface area contributed by atoms with Crippen molar-refractivity contribution in [3.05, 3.63) is 0 Å². The third kappa shape index (κ3) is 6.98. The van der Waals surface area contributed by atoms with Gasteiger partial charge in [-0.05, 0) is 13.8 Å². The van der Waals surface area contributed by atoms with Crippen LogP contribution in [0.4, 0.5) is 4.79 Å². The molecule has 0 heterocycles. The molecule has 0 unspecified atom stereocenters. The van der Waals surface area contributed by atoms with Crippen LogP contribution in [0.2, 0.25) is 0 Å². The number of esters is 1. The van der Waals surface area contributed by atoms with E-state index in [9.17, 15) is 9.59 Å². The molecule has 7 heteroatoms. The Hall–Kier alpha value is -1.01. The van der Waals surface area contributed by atoms with Crippen LogP contribution in [0.1, 0.15) is 13.8 Å². The van der Waals surface area contributed by atoms with E-state index >= 15 is 0 Å². The fourth-order valence-corrected chi connectivity index (χ4v) is 0.747. The van der Waals surface area contributed by atoms with Gasteiger partial charge in [0.05, 0.1) is 13.2 Å². The second kappa shape index (κ2) is 8.31. The second-order valence-electron chi connectivity index (χ2n) is 2.91. The van der Waals surface area contributed by atoms with Gasteiger partial charge in [-0.2, -0.15) is 0 Å². The molecule has 0 aliphatic rings. The maximum atomic E-state index is 11.0. The van der Waals surface area contributed by atoms with Crippen LogP contribution in [0.3, 0.4) is 0 Å². The van der Waals surface area contributed by atoms with Crippen molar-refractivity contribution in [2.75, 3.05) is 13.7 Å². The van der Waals surface area contributed by atoms with Crippen LogP contribution < -0.4 is 11.1 Å². The molecule has 3 N–H and O–H groups in total. The summed E-state index contributed by atoms with van der Waals surface area (Å²) in [6.45, 7) is 3.38. The van der Waals surface area contributed by atoms with Crippen LogP contribution in [0.5, 0.6) is 0 Å². The molecule has 0 rings (SSSR count). The molecule has 0 bridgehead atoms. The first-order valence-electron chi connectivity index (χ1n) is 4.26. The minimum absolute atomic E-state index is 0. The minimum atomic E-state index is -0.855. The molecule has 0 saturated carbocycles. The Morgan fingerprint density at radius 3 is 2.27 bits per heavy atom. The van der Waals surface area contributed by atoms with Crippen molar-refractivity contribution in [2.24, 2.45) is 5.73 Å². The van der Waals surface area contributed by atoms with Gasteiger partial charge < -0.3 is 20.5 Å². The van der Waals surface area contributed by atoms with Gasteiger partial charge in [0.2, 0.25) is 0 Å². The standard InChI is InChI=1S/C8H16N2O4.ClH/c1-5(2)14-8(12)10-6(4-9)7(11)13-3;/h5-6H,4,9H2,1-3H3,(H,10,12);1H/t6-;/m0./s1. The number of carbonyl (C=O) groups excluding carboxylic acids is 2. The van der Waals surface area contributed by atoms with Crippen molar-refractivity contribution in [1.29, 1.82) is 0 Å². The van der Waals surface area contributed by atoms with E-state index in [1.807, 2.05) is 0 Å². The van der Waals surface area contributed by atoms with Gasteiger partial charge in [-0.15, -0.1) is 12.4 Å². The van der Waals surface area contributed by atoms with E-state index in [0.29, 0.717) is 0 Å². The van der Waals surface area contributed by atoms with Crippen molar-refractivity contribution in [3.8, 4) is 0 Å². The molecule has 90 valence electrons. The highest BCUT2D eigenvalue weighted by Crippen LogP contribution is 1.91. The molecule has 1 atom stereocenters. The first-order valence-corrected chi connectivity index (χ1v) is 4.26. The van der Waals surface area contributed by atoms with Gasteiger partial charge in [-0.25, -0.2) is 9.59 Å². The fraction of sp³-hybridized carbons (Fsp3) is 0.750.